The summed E-state index contributed by atoms with van der Waals surface area (Å²) in [5, 5.41) is 15.7. The Hall–Kier alpha value is -4.66. The lowest BCUT2D eigenvalue weighted by Crippen LogP contribution is -2.29. The van der Waals surface area contributed by atoms with E-state index in [0.717, 1.165) is 27.8 Å². The first-order chi connectivity index (χ1) is 18.6. The molecule has 9 heteroatoms. The lowest BCUT2D eigenvalue weighted by molar-refractivity contribution is 0.251. The quantitative estimate of drug-likeness (QED) is 0.260. The fourth-order valence-electron chi connectivity index (χ4n) is 4.28. The summed E-state index contributed by atoms with van der Waals surface area (Å²) in [7, 11) is 1.87. The van der Waals surface area contributed by atoms with Crippen molar-refractivity contribution in [1.29, 1.82) is 0 Å². The van der Waals surface area contributed by atoms with Crippen LogP contribution in [0.3, 0.4) is 0 Å². The summed E-state index contributed by atoms with van der Waals surface area (Å²) in [4.78, 5) is 13.0. The summed E-state index contributed by atoms with van der Waals surface area (Å²) in [6.07, 6.45) is 1.76. The minimum Gasteiger partial charge on any atom is -0.457 e. The van der Waals surface area contributed by atoms with Crippen LogP contribution in [-0.4, -0.2) is 25.6 Å². The number of hydrogen-bond donors (Lipinski definition) is 2. The fourth-order valence-corrected chi connectivity index (χ4v) is 4.28. The van der Waals surface area contributed by atoms with Crippen molar-refractivity contribution in [2.24, 2.45) is 7.05 Å². The number of hydrogen-bond acceptors (Lipinski definition) is 4. The molecule has 2 N–H and O–H groups in total. The first kappa shape index (κ1) is 26.0. The number of amides is 2. The molecule has 5 aromatic rings. The number of fused-ring (bicyclic) bond motifs is 1. The number of halogens is 1. The van der Waals surface area contributed by atoms with Crippen molar-refractivity contribution < 1.29 is 13.9 Å². The van der Waals surface area contributed by atoms with Crippen LogP contribution in [-0.2, 0) is 19.0 Å². The lowest BCUT2D eigenvalue weighted by atomic mass is 9.92. The number of aromatic nitrogens is 4. The normalized spacial score (nSPS) is 11.5. The Kier molecular flexibility index (Phi) is 6.82. The van der Waals surface area contributed by atoms with E-state index in [0.29, 0.717) is 22.9 Å². The van der Waals surface area contributed by atoms with Gasteiger partial charge >= 0.3 is 6.03 Å². The number of benzene rings is 3. The molecule has 0 saturated heterocycles. The average Bonchev–Trinajstić information content (AvgIpc) is 3.48. The van der Waals surface area contributed by atoms with Gasteiger partial charge in [0.1, 0.15) is 23.1 Å². The third-order valence-corrected chi connectivity index (χ3v) is 6.47. The van der Waals surface area contributed by atoms with Crippen LogP contribution < -0.4 is 15.4 Å². The highest BCUT2D eigenvalue weighted by Crippen LogP contribution is 2.30. The van der Waals surface area contributed by atoms with Crippen LogP contribution in [0, 0.1) is 12.7 Å². The van der Waals surface area contributed by atoms with E-state index >= 15 is 0 Å². The molecule has 0 aliphatic carbocycles. The van der Waals surface area contributed by atoms with Crippen molar-refractivity contribution in [2.75, 3.05) is 5.32 Å². The Morgan fingerprint density at radius 1 is 1.05 bits per heavy atom. The SMILES string of the molecule is Cc1ccccc1-n1nc(C(C)(C)C)cc1NC(=O)NCc1cc(F)ccc1Oc1ccc2c(cnn2C)c1. The molecule has 0 spiro atoms. The zero-order valence-electron chi connectivity index (χ0n) is 22.6. The maximum Gasteiger partial charge on any atom is 0.320 e. The predicted molar refractivity (Wildman–Crippen MR) is 150 cm³/mol. The van der Waals surface area contributed by atoms with E-state index in [1.807, 2.05) is 62.5 Å². The molecule has 0 aliphatic rings. The molecule has 8 nitrogen and oxygen atoms in total. The molecule has 0 radical (unpaired) electrons. The molecule has 5 rings (SSSR count). The number of carbonyl (C=O) groups is 1. The second kappa shape index (κ2) is 10.2. The highest BCUT2D eigenvalue weighted by atomic mass is 19.1. The van der Waals surface area contributed by atoms with E-state index < -0.39 is 11.8 Å². The van der Waals surface area contributed by atoms with Crippen LogP contribution in [0.1, 0.15) is 37.6 Å². The zero-order valence-corrected chi connectivity index (χ0v) is 22.6. The maximum absolute atomic E-state index is 14.2. The Morgan fingerprint density at radius 3 is 2.62 bits per heavy atom. The van der Waals surface area contributed by atoms with Crippen LogP contribution in [0.25, 0.3) is 16.6 Å². The van der Waals surface area contributed by atoms with Gasteiger partial charge in [-0.15, -0.1) is 0 Å². The molecule has 0 bridgehead atoms. The summed E-state index contributed by atoms with van der Waals surface area (Å²) in [6.45, 7) is 8.25. The number of nitrogens with one attached hydrogen (secondary N) is 2. The van der Waals surface area contributed by atoms with Gasteiger partial charge in [-0.3, -0.25) is 10.00 Å². The van der Waals surface area contributed by atoms with Gasteiger partial charge < -0.3 is 10.1 Å². The molecule has 0 saturated carbocycles. The summed E-state index contributed by atoms with van der Waals surface area (Å²) >= 11 is 0. The largest absolute Gasteiger partial charge is 0.457 e. The third-order valence-electron chi connectivity index (χ3n) is 6.47. The van der Waals surface area contributed by atoms with E-state index in [9.17, 15) is 9.18 Å². The molecule has 200 valence electrons. The molecule has 2 amide bonds. The van der Waals surface area contributed by atoms with E-state index in [4.69, 9.17) is 9.84 Å². The van der Waals surface area contributed by atoms with Crippen molar-refractivity contribution in [1.82, 2.24) is 24.9 Å². The molecular weight excluding hydrogens is 495 g/mol. The topological polar surface area (TPSA) is 86.0 Å². The summed E-state index contributed by atoms with van der Waals surface area (Å²) in [5.74, 6) is 1.14. The molecule has 2 heterocycles. The lowest BCUT2D eigenvalue weighted by Gasteiger charge is -2.14. The second-order valence-electron chi connectivity index (χ2n) is 10.5. The number of urea groups is 1. The zero-order chi connectivity index (χ0) is 27.7. The van der Waals surface area contributed by atoms with E-state index in [2.05, 4.69) is 36.5 Å². The van der Waals surface area contributed by atoms with Crippen molar-refractivity contribution in [3.63, 3.8) is 0 Å². The molecule has 0 unspecified atom stereocenters. The van der Waals surface area contributed by atoms with E-state index in [1.54, 1.807) is 21.6 Å². The molecule has 0 atom stereocenters. The van der Waals surface area contributed by atoms with Crippen LogP contribution in [0.4, 0.5) is 15.0 Å². The number of rotatable bonds is 6. The molecule has 2 aromatic heterocycles. The number of aryl methyl sites for hydroxylation is 2. The predicted octanol–water partition coefficient (Wildman–Crippen LogP) is 6.62. The minimum absolute atomic E-state index is 0.0543. The van der Waals surface area contributed by atoms with Crippen molar-refractivity contribution in [3.8, 4) is 17.2 Å². The molecule has 0 fully saturated rings. The Labute approximate surface area is 226 Å². The number of carbonyl (C=O) groups excluding carboxylic acids is 1. The smallest absolute Gasteiger partial charge is 0.320 e. The Balaban J connectivity index is 1.34. The van der Waals surface area contributed by atoms with Crippen LogP contribution in [0.15, 0.2) is 72.9 Å². The van der Waals surface area contributed by atoms with E-state index in [-0.39, 0.29) is 12.0 Å². The van der Waals surface area contributed by atoms with Gasteiger partial charge in [-0.1, -0.05) is 39.0 Å². The van der Waals surface area contributed by atoms with Gasteiger partial charge in [-0.25, -0.2) is 13.9 Å². The van der Waals surface area contributed by atoms with Gasteiger partial charge in [0, 0.05) is 36.0 Å². The van der Waals surface area contributed by atoms with Crippen molar-refractivity contribution in [3.05, 3.63) is 95.6 Å². The molecule has 39 heavy (non-hydrogen) atoms. The maximum atomic E-state index is 14.2. The third kappa shape index (κ3) is 5.62. The number of ether oxygens (including phenoxy) is 1. The van der Waals surface area contributed by atoms with Crippen LogP contribution in [0.5, 0.6) is 11.5 Å². The Bertz CT molecular complexity index is 1660. The van der Waals surface area contributed by atoms with Crippen LogP contribution >= 0.6 is 0 Å². The second-order valence-corrected chi connectivity index (χ2v) is 10.5. The summed E-state index contributed by atoms with van der Waals surface area (Å²) < 4.78 is 23.7. The highest BCUT2D eigenvalue weighted by molar-refractivity contribution is 5.89. The summed E-state index contributed by atoms with van der Waals surface area (Å²) in [5.41, 5.74) is 3.99. The average molecular weight is 527 g/mol. The van der Waals surface area contributed by atoms with Gasteiger partial charge in [0.25, 0.3) is 0 Å². The van der Waals surface area contributed by atoms with Gasteiger partial charge in [0.05, 0.1) is 23.1 Å². The van der Waals surface area contributed by atoms with Crippen molar-refractivity contribution >= 4 is 22.8 Å². The Morgan fingerprint density at radius 2 is 1.85 bits per heavy atom. The van der Waals surface area contributed by atoms with Crippen molar-refractivity contribution in [2.45, 2.75) is 39.7 Å². The number of nitrogens with zero attached hydrogens (tertiary/aromatic N) is 4. The first-order valence-electron chi connectivity index (χ1n) is 12.7. The van der Waals surface area contributed by atoms with Gasteiger partial charge in [-0.2, -0.15) is 10.2 Å². The fraction of sp³-hybridized carbons (Fsp3) is 0.233. The van der Waals surface area contributed by atoms with Gasteiger partial charge in [-0.05, 0) is 55.0 Å². The monoisotopic (exact) mass is 526 g/mol. The molecule has 3 aromatic carbocycles. The van der Waals surface area contributed by atoms with Gasteiger partial charge in [0.15, 0.2) is 0 Å². The highest BCUT2D eigenvalue weighted by Gasteiger charge is 2.22. The van der Waals surface area contributed by atoms with Crippen LogP contribution in [0.2, 0.25) is 0 Å². The number of para-hydroxylation sites is 1. The standard InChI is InChI=1S/C30H31FN6O2/c1-19-8-6-7-9-24(19)37-28(16-27(35-37)30(2,3)4)34-29(38)32-17-21-14-22(31)10-13-26(21)39-23-11-12-25-20(15-23)18-33-36(25)5/h6-16,18H,17H2,1-5H3,(H2,32,34,38). The molecule has 0 aliphatic heterocycles. The molecular formula is C30H31FN6O2. The van der Waals surface area contributed by atoms with E-state index in [1.165, 1.54) is 12.1 Å². The number of anilines is 1. The minimum atomic E-state index is -0.447. The first-order valence-corrected chi connectivity index (χ1v) is 12.7. The van der Waals surface area contributed by atoms with Gasteiger partial charge in [0.2, 0.25) is 0 Å². The summed E-state index contributed by atoms with van der Waals surface area (Å²) in [6, 6.07) is 19.1.